The number of allylic oxidation sites excluding steroid dienone is 10. The van der Waals surface area contributed by atoms with Gasteiger partial charge in [-0.05, 0) is 83.5 Å². The standard InChI is InChI=1S/C67H120O6/c1-4-7-10-13-16-19-22-25-28-30-32-33-35-36-39-42-45-48-51-54-57-60-66(69)72-63-64(62-71-65(68)59-56-53-50-47-44-41-38-27-24-21-18-15-12-9-6-3)73-67(70)61-58-55-52-49-46-43-40-37-34-31-29-26-23-20-17-14-11-8-5-2/h8,11,17,20,26,29-30,32,34,37,64H,4-7,9-10,12-16,18-19,21-25,27-28,31,33,35-36,38-63H2,1-3H3/b11-8-,20-17-,29-26-,32-30-,37-34-. The number of hydrogen-bond donors (Lipinski definition) is 0. The maximum Gasteiger partial charge on any atom is 0.306 e. The van der Waals surface area contributed by atoms with Gasteiger partial charge < -0.3 is 14.2 Å². The molecule has 0 fully saturated rings. The van der Waals surface area contributed by atoms with Crippen molar-refractivity contribution in [3.05, 3.63) is 60.8 Å². The Hall–Kier alpha value is -2.89. The molecule has 0 rings (SSSR count). The minimum atomic E-state index is -0.782. The van der Waals surface area contributed by atoms with Crippen molar-refractivity contribution < 1.29 is 28.6 Å². The second kappa shape index (κ2) is 61.7. The van der Waals surface area contributed by atoms with Crippen LogP contribution in [0.25, 0.3) is 0 Å². The topological polar surface area (TPSA) is 78.9 Å². The second-order valence-electron chi connectivity index (χ2n) is 21.3. The highest BCUT2D eigenvalue weighted by Crippen LogP contribution is 2.17. The number of ether oxygens (including phenoxy) is 3. The fourth-order valence-electron chi connectivity index (χ4n) is 9.25. The van der Waals surface area contributed by atoms with Crippen molar-refractivity contribution in [2.24, 2.45) is 0 Å². The van der Waals surface area contributed by atoms with Crippen molar-refractivity contribution >= 4 is 17.9 Å². The van der Waals surface area contributed by atoms with Crippen LogP contribution < -0.4 is 0 Å². The van der Waals surface area contributed by atoms with E-state index in [9.17, 15) is 14.4 Å². The molecule has 6 heteroatoms. The summed E-state index contributed by atoms with van der Waals surface area (Å²) in [7, 11) is 0. The summed E-state index contributed by atoms with van der Waals surface area (Å²) in [6, 6.07) is 0. The summed E-state index contributed by atoms with van der Waals surface area (Å²) in [4.78, 5) is 38.3. The first kappa shape index (κ1) is 70.1. The van der Waals surface area contributed by atoms with Crippen LogP contribution in [0.4, 0.5) is 0 Å². The largest absolute Gasteiger partial charge is 0.462 e. The van der Waals surface area contributed by atoms with E-state index in [0.29, 0.717) is 19.3 Å². The summed E-state index contributed by atoms with van der Waals surface area (Å²) in [5.41, 5.74) is 0. The van der Waals surface area contributed by atoms with Crippen LogP contribution in [0.1, 0.15) is 329 Å². The Morgan fingerprint density at radius 1 is 0.288 bits per heavy atom. The summed E-state index contributed by atoms with van der Waals surface area (Å²) >= 11 is 0. The highest BCUT2D eigenvalue weighted by molar-refractivity contribution is 5.71. The first-order chi connectivity index (χ1) is 36.0. The molecule has 0 spiro atoms. The molecule has 0 aliphatic carbocycles. The third-order valence-corrected chi connectivity index (χ3v) is 14.0. The zero-order valence-electron chi connectivity index (χ0n) is 48.7. The number of unbranched alkanes of at least 4 members (excludes halogenated alkanes) is 37. The molecule has 0 amide bonds. The average Bonchev–Trinajstić information content (AvgIpc) is 3.39. The van der Waals surface area contributed by atoms with Gasteiger partial charge in [0, 0.05) is 19.3 Å². The van der Waals surface area contributed by atoms with Crippen LogP contribution in [0.15, 0.2) is 60.8 Å². The normalized spacial score (nSPS) is 12.4. The molecule has 0 radical (unpaired) electrons. The Kier molecular flexibility index (Phi) is 59.2. The number of carbonyl (C=O) groups is 3. The van der Waals surface area contributed by atoms with Gasteiger partial charge in [-0.1, -0.05) is 287 Å². The van der Waals surface area contributed by atoms with E-state index >= 15 is 0 Å². The molecule has 1 unspecified atom stereocenters. The van der Waals surface area contributed by atoms with Crippen LogP contribution in [0, 0.1) is 0 Å². The van der Waals surface area contributed by atoms with Crippen molar-refractivity contribution in [2.45, 2.75) is 335 Å². The molecule has 0 aliphatic rings. The van der Waals surface area contributed by atoms with Crippen molar-refractivity contribution in [1.82, 2.24) is 0 Å². The zero-order valence-corrected chi connectivity index (χ0v) is 48.7. The van der Waals surface area contributed by atoms with Gasteiger partial charge in [-0.3, -0.25) is 14.4 Å². The second-order valence-corrected chi connectivity index (χ2v) is 21.3. The molecule has 0 saturated heterocycles. The first-order valence-corrected chi connectivity index (χ1v) is 31.8. The number of hydrogen-bond acceptors (Lipinski definition) is 6. The quantitative estimate of drug-likeness (QED) is 0.0261. The van der Waals surface area contributed by atoms with E-state index < -0.39 is 6.10 Å². The molecule has 0 bridgehead atoms. The monoisotopic (exact) mass is 1020 g/mol. The predicted octanol–water partition coefficient (Wildman–Crippen LogP) is 21.6. The number of esters is 3. The van der Waals surface area contributed by atoms with Crippen molar-refractivity contribution in [2.75, 3.05) is 13.2 Å². The molecule has 1 atom stereocenters. The maximum absolute atomic E-state index is 12.9. The summed E-state index contributed by atoms with van der Waals surface area (Å²) in [6.07, 6.45) is 77.9. The Morgan fingerprint density at radius 3 is 0.849 bits per heavy atom. The van der Waals surface area contributed by atoms with Crippen LogP contribution in [0.2, 0.25) is 0 Å². The highest BCUT2D eigenvalue weighted by Gasteiger charge is 2.19. The molecule has 73 heavy (non-hydrogen) atoms. The fraction of sp³-hybridized carbons (Fsp3) is 0.806. The summed E-state index contributed by atoms with van der Waals surface area (Å²) in [6.45, 7) is 6.56. The Morgan fingerprint density at radius 2 is 0.534 bits per heavy atom. The van der Waals surface area contributed by atoms with E-state index in [1.54, 1.807) is 0 Å². The Bertz CT molecular complexity index is 1310. The summed E-state index contributed by atoms with van der Waals surface area (Å²) < 4.78 is 16.9. The lowest BCUT2D eigenvalue weighted by atomic mass is 10.0. The molecule has 0 aromatic carbocycles. The molecule has 6 nitrogen and oxygen atoms in total. The highest BCUT2D eigenvalue weighted by atomic mass is 16.6. The van der Waals surface area contributed by atoms with Gasteiger partial charge in [0.25, 0.3) is 0 Å². The van der Waals surface area contributed by atoms with E-state index in [1.807, 2.05) is 0 Å². The summed E-state index contributed by atoms with van der Waals surface area (Å²) in [5, 5.41) is 0. The minimum Gasteiger partial charge on any atom is -0.462 e. The third-order valence-electron chi connectivity index (χ3n) is 14.0. The fourth-order valence-corrected chi connectivity index (χ4v) is 9.25. The molecule has 424 valence electrons. The van der Waals surface area contributed by atoms with Crippen LogP contribution in [-0.4, -0.2) is 37.2 Å². The van der Waals surface area contributed by atoms with Gasteiger partial charge in [-0.25, -0.2) is 0 Å². The molecule has 0 heterocycles. The van der Waals surface area contributed by atoms with E-state index in [-0.39, 0.29) is 31.1 Å². The average molecular weight is 1020 g/mol. The van der Waals surface area contributed by atoms with E-state index in [2.05, 4.69) is 81.5 Å². The van der Waals surface area contributed by atoms with Crippen molar-refractivity contribution in [3.8, 4) is 0 Å². The Balaban J connectivity index is 4.36. The van der Waals surface area contributed by atoms with Crippen LogP contribution in [-0.2, 0) is 28.6 Å². The maximum atomic E-state index is 12.9. The molecular formula is C67H120O6. The van der Waals surface area contributed by atoms with Gasteiger partial charge in [0.05, 0.1) is 0 Å². The van der Waals surface area contributed by atoms with Gasteiger partial charge in [-0.2, -0.15) is 0 Å². The number of carbonyl (C=O) groups excluding carboxylic acids is 3. The molecule has 0 N–H and O–H groups in total. The Labute approximate surface area is 453 Å². The lowest BCUT2D eigenvalue weighted by Gasteiger charge is -2.18. The molecular weight excluding hydrogens is 901 g/mol. The lowest BCUT2D eigenvalue weighted by molar-refractivity contribution is -0.167. The predicted molar refractivity (Wildman–Crippen MR) is 316 cm³/mol. The van der Waals surface area contributed by atoms with Crippen LogP contribution in [0.3, 0.4) is 0 Å². The molecule has 0 saturated carbocycles. The van der Waals surface area contributed by atoms with E-state index in [1.165, 1.54) is 193 Å². The van der Waals surface area contributed by atoms with Crippen molar-refractivity contribution in [1.29, 1.82) is 0 Å². The van der Waals surface area contributed by atoms with Crippen LogP contribution >= 0.6 is 0 Å². The minimum absolute atomic E-state index is 0.0775. The smallest absolute Gasteiger partial charge is 0.306 e. The van der Waals surface area contributed by atoms with Crippen molar-refractivity contribution in [3.63, 3.8) is 0 Å². The molecule has 0 aliphatic heterocycles. The van der Waals surface area contributed by atoms with Crippen LogP contribution in [0.5, 0.6) is 0 Å². The molecule has 0 aromatic heterocycles. The van der Waals surface area contributed by atoms with Gasteiger partial charge in [-0.15, -0.1) is 0 Å². The summed E-state index contributed by atoms with van der Waals surface area (Å²) in [5.74, 6) is -0.875. The van der Waals surface area contributed by atoms with Gasteiger partial charge in [0.2, 0.25) is 0 Å². The van der Waals surface area contributed by atoms with Gasteiger partial charge in [0.15, 0.2) is 6.10 Å². The zero-order chi connectivity index (χ0) is 52.9. The van der Waals surface area contributed by atoms with E-state index in [0.717, 1.165) is 96.3 Å². The van der Waals surface area contributed by atoms with E-state index in [4.69, 9.17) is 14.2 Å². The van der Waals surface area contributed by atoms with Gasteiger partial charge in [0.1, 0.15) is 13.2 Å². The SMILES string of the molecule is CC/C=C\C/C=C\C/C=C\C/C=C\CCCCCCCCC(=O)OC(COC(=O)CCCCCCCCCCC/C=C\CCCCCCCCCC)COC(=O)CCCCCCCCCCCCCCCCC. The lowest BCUT2D eigenvalue weighted by Crippen LogP contribution is -2.30. The molecule has 0 aromatic rings. The third kappa shape index (κ3) is 59.9. The van der Waals surface area contributed by atoms with Gasteiger partial charge >= 0.3 is 17.9 Å². The number of rotatable bonds is 58. The first-order valence-electron chi connectivity index (χ1n) is 31.8.